The molecule has 4 heteroatoms. The summed E-state index contributed by atoms with van der Waals surface area (Å²) in [5.74, 6) is -2.99. The lowest BCUT2D eigenvalue weighted by molar-refractivity contribution is -0.147. The molecule has 0 N–H and O–H groups in total. The van der Waals surface area contributed by atoms with Gasteiger partial charge in [0, 0.05) is 13.5 Å². The van der Waals surface area contributed by atoms with Crippen molar-refractivity contribution in [2.24, 2.45) is 5.92 Å². The molecule has 1 rings (SSSR count). The maximum atomic E-state index is 12.8. The van der Waals surface area contributed by atoms with Crippen LogP contribution in [-0.4, -0.2) is 26.0 Å². The monoisotopic (exact) mass is 148 g/mol. The number of halogens is 1. The van der Waals surface area contributed by atoms with Crippen molar-refractivity contribution in [3.05, 3.63) is 0 Å². The number of hydrogen-bond acceptors (Lipinski definition) is 3. The second-order valence-electron chi connectivity index (χ2n) is 2.27. The van der Waals surface area contributed by atoms with Crippen LogP contribution in [0, 0.1) is 5.92 Å². The first-order valence-electron chi connectivity index (χ1n) is 2.96. The normalized spacial score (nSPS) is 37.3. The van der Waals surface area contributed by atoms with Crippen molar-refractivity contribution >= 4 is 5.97 Å². The van der Waals surface area contributed by atoms with Crippen molar-refractivity contribution in [3.63, 3.8) is 0 Å². The quantitative estimate of drug-likeness (QED) is 0.534. The van der Waals surface area contributed by atoms with Crippen molar-refractivity contribution in [3.8, 4) is 0 Å². The largest absolute Gasteiger partial charge is 0.469 e. The summed E-state index contributed by atoms with van der Waals surface area (Å²) in [6.45, 7) is 0. The van der Waals surface area contributed by atoms with Gasteiger partial charge in [-0.2, -0.15) is 0 Å². The van der Waals surface area contributed by atoms with Crippen molar-refractivity contribution in [2.75, 3.05) is 14.2 Å². The van der Waals surface area contributed by atoms with Crippen LogP contribution < -0.4 is 0 Å². The highest BCUT2D eigenvalue weighted by Gasteiger charge is 2.61. The van der Waals surface area contributed by atoms with Crippen LogP contribution in [0.15, 0.2) is 0 Å². The van der Waals surface area contributed by atoms with Crippen LogP contribution in [0.4, 0.5) is 4.39 Å². The standard InChI is InChI=1S/C6H9FO3/c1-9-5(8)4-3-6(4,7)10-2/h4H,3H2,1-2H3/t4-,6+/m0/s1. The predicted molar refractivity (Wildman–Crippen MR) is 31.0 cm³/mol. The summed E-state index contributed by atoms with van der Waals surface area (Å²) in [4.78, 5) is 10.6. The van der Waals surface area contributed by atoms with Crippen LogP contribution in [0.5, 0.6) is 0 Å². The van der Waals surface area contributed by atoms with E-state index in [1.54, 1.807) is 0 Å². The summed E-state index contributed by atoms with van der Waals surface area (Å²) < 4.78 is 21.5. The molecular formula is C6H9FO3. The fourth-order valence-electron chi connectivity index (χ4n) is 0.847. The van der Waals surface area contributed by atoms with Crippen LogP contribution in [0.2, 0.25) is 0 Å². The summed E-state index contributed by atoms with van der Waals surface area (Å²) in [6.07, 6.45) is 0.121. The smallest absolute Gasteiger partial charge is 0.314 e. The number of alkyl halides is 1. The highest BCUT2D eigenvalue weighted by molar-refractivity contribution is 5.77. The number of rotatable bonds is 2. The number of ether oxygens (including phenoxy) is 2. The van der Waals surface area contributed by atoms with E-state index in [1.807, 2.05) is 0 Å². The molecule has 1 saturated carbocycles. The van der Waals surface area contributed by atoms with Gasteiger partial charge in [0.2, 0.25) is 5.85 Å². The van der Waals surface area contributed by atoms with Crippen molar-refractivity contribution in [2.45, 2.75) is 12.3 Å². The number of carbonyl (C=O) groups excluding carboxylic acids is 1. The second kappa shape index (κ2) is 2.20. The molecule has 0 aromatic heterocycles. The number of methoxy groups -OCH3 is 2. The maximum Gasteiger partial charge on any atom is 0.314 e. The van der Waals surface area contributed by atoms with Gasteiger partial charge in [0.05, 0.1) is 7.11 Å². The molecule has 0 radical (unpaired) electrons. The first-order valence-corrected chi connectivity index (χ1v) is 2.96. The van der Waals surface area contributed by atoms with Gasteiger partial charge in [-0.3, -0.25) is 4.79 Å². The van der Waals surface area contributed by atoms with Gasteiger partial charge in [-0.1, -0.05) is 0 Å². The molecule has 1 fully saturated rings. The Kier molecular flexibility index (Phi) is 1.64. The summed E-state index contributed by atoms with van der Waals surface area (Å²) in [6, 6.07) is 0. The molecule has 58 valence electrons. The molecule has 1 aliphatic carbocycles. The minimum Gasteiger partial charge on any atom is -0.469 e. The van der Waals surface area contributed by atoms with Gasteiger partial charge < -0.3 is 9.47 Å². The zero-order chi connectivity index (χ0) is 7.78. The average molecular weight is 148 g/mol. The molecule has 0 spiro atoms. The fourth-order valence-corrected chi connectivity index (χ4v) is 0.847. The zero-order valence-electron chi connectivity index (χ0n) is 5.89. The topological polar surface area (TPSA) is 35.5 Å². The van der Waals surface area contributed by atoms with Gasteiger partial charge in [-0.05, 0) is 0 Å². The van der Waals surface area contributed by atoms with Crippen LogP contribution in [-0.2, 0) is 14.3 Å². The average Bonchev–Trinajstić information content (AvgIpc) is 2.62. The van der Waals surface area contributed by atoms with Crippen LogP contribution in [0.1, 0.15) is 6.42 Å². The Morgan fingerprint density at radius 1 is 1.70 bits per heavy atom. The lowest BCUT2D eigenvalue weighted by Crippen LogP contribution is -2.14. The molecule has 0 unspecified atom stereocenters. The third-order valence-electron chi connectivity index (χ3n) is 1.67. The minimum absolute atomic E-state index is 0.121. The minimum atomic E-state index is -1.74. The number of carbonyl (C=O) groups is 1. The fraction of sp³-hybridized carbons (Fsp3) is 0.833. The van der Waals surface area contributed by atoms with Gasteiger partial charge in [0.15, 0.2) is 0 Å². The highest BCUT2D eigenvalue weighted by Crippen LogP contribution is 2.48. The van der Waals surface area contributed by atoms with E-state index in [1.165, 1.54) is 14.2 Å². The Labute approximate surface area is 58.1 Å². The van der Waals surface area contributed by atoms with E-state index in [-0.39, 0.29) is 6.42 Å². The second-order valence-corrected chi connectivity index (χ2v) is 2.27. The van der Waals surface area contributed by atoms with Gasteiger partial charge in [-0.25, -0.2) is 4.39 Å². The van der Waals surface area contributed by atoms with Gasteiger partial charge in [0.1, 0.15) is 5.92 Å². The summed E-state index contributed by atoms with van der Waals surface area (Å²) >= 11 is 0. The molecule has 0 amide bonds. The molecular weight excluding hydrogens is 139 g/mol. The summed E-state index contributed by atoms with van der Waals surface area (Å²) in [5, 5.41) is 0. The molecule has 0 bridgehead atoms. The van der Waals surface area contributed by atoms with E-state index in [0.717, 1.165) is 0 Å². The summed E-state index contributed by atoms with van der Waals surface area (Å²) in [7, 11) is 2.47. The lowest BCUT2D eigenvalue weighted by Gasteiger charge is -2.01. The molecule has 10 heavy (non-hydrogen) atoms. The molecule has 0 heterocycles. The molecule has 0 aliphatic heterocycles. The van der Waals surface area contributed by atoms with Crippen LogP contribution in [0.3, 0.4) is 0 Å². The molecule has 0 aromatic carbocycles. The Bertz CT molecular complexity index is 159. The third kappa shape index (κ3) is 0.988. The van der Waals surface area contributed by atoms with E-state index >= 15 is 0 Å². The Morgan fingerprint density at radius 3 is 2.60 bits per heavy atom. The highest BCUT2D eigenvalue weighted by atomic mass is 19.2. The SMILES string of the molecule is COC(=O)[C@@H]1C[C@@]1(F)OC. The number of hydrogen-bond donors (Lipinski definition) is 0. The molecule has 3 nitrogen and oxygen atoms in total. The van der Waals surface area contributed by atoms with Crippen molar-refractivity contribution in [1.29, 1.82) is 0 Å². The van der Waals surface area contributed by atoms with Crippen LogP contribution >= 0.6 is 0 Å². The molecule has 0 aromatic rings. The summed E-state index contributed by atoms with van der Waals surface area (Å²) in [5.41, 5.74) is 0. The Balaban J connectivity index is 2.44. The van der Waals surface area contributed by atoms with E-state index in [0.29, 0.717) is 0 Å². The van der Waals surface area contributed by atoms with E-state index < -0.39 is 17.7 Å². The van der Waals surface area contributed by atoms with Crippen molar-refractivity contribution in [1.82, 2.24) is 0 Å². The maximum absolute atomic E-state index is 12.8. The first-order chi connectivity index (χ1) is 4.64. The molecule has 1 aliphatic rings. The lowest BCUT2D eigenvalue weighted by atomic mass is 10.4. The van der Waals surface area contributed by atoms with E-state index in [4.69, 9.17) is 0 Å². The van der Waals surface area contributed by atoms with E-state index in [9.17, 15) is 9.18 Å². The molecule has 0 saturated heterocycles. The number of esters is 1. The zero-order valence-corrected chi connectivity index (χ0v) is 5.89. The third-order valence-corrected chi connectivity index (χ3v) is 1.67. The van der Waals surface area contributed by atoms with E-state index in [2.05, 4.69) is 9.47 Å². The Hall–Kier alpha value is -0.640. The van der Waals surface area contributed by atoms with Gasteiger partial charge in [-0.15, -0.1) is 0 Å². The van der Waals surface area contributed by atoms with Gasteiger partial charge in [0.25, 0.3) is 0 Å². The predicted octanol–water partition coefficient (Wildman–Crippen LogP) is 0.491. The molecule has 2 atom stereocenters. The van der Waals surface area contributed by atoms with Crippen LogP contribution in [0.25, 0.3) is 0 Å². The van der Waals surface area contributed by atoms with Gasteiger partial charge >= 0.3 is 5.97 Å². The Morgan fingerprint density at radius 2 is 2.30 bits per heavy atom. The van der Waals surface area contributed by atoms with Crippen molar-refractivity contribution < 1.29 is 18.7 Å². The first kappa shape index (κ1) is 7.47.